The summed E-state index contributed by atoms with van der Waals surface area (Å²) in [4.78, 5) is 13.0. The summed E-state index contributed by atoms with van der Waals surface area (Å²) in [7, 11) is 0. The molecule has 0 atom stereocenters. The van der Waals surface area contributed by atoms with E-state index in [1.54, 1.807) is 16.8 Å². The first-order valence-corrected chi connectivity index (χ1v) is 9.82. The third-order valence-electron chi connectivity index (χ3n) is 4.61. The first kappa shape index (κ1) is 19.0. The fraction of sp³-hybridized carbons (Fsp3) is 0.0833. The van der Waals surface area contributed by atoms with Gasteiger partial charge < -0.3 is 5.32 Å². The third-order valence-corrected chi connectivity index (χ3v) is 4.84. The number of rotatable bonds is 6. The number of halogens is 1. The molecule has 1 heterocycles. The van der Waals surface area contributed by atoms with E-state index in [0.717, 1.165) is 23.4 Å². The summed E-state index contributed by atoms with van der Waals surface area (Å²) in [5.41, 5.74) is 4.08. The molecular weight excluding hydrogens is 382 g/mol. The lowest BCUT2D eigenvalue weighted by atomic mass is 10.1. The van der Waals surface area contributed by atoms with Crippen molar-refractivity contribution in [2.75, 3.05) is 6.54 Å². The summed E-state index contributed by atoms with van der Waals surface area (Å²) in [6, 6.07) is 29.0. The number of nitrogens with one attached hydrogen (secondary N) is 1. The lowest BCUT2D eigenvalue weighted by molar-refractivity contribution is 0.0946. The summed E-state index contributed by atoms with van der Waals surface area (Å²) < 4.78 is 1.64. The Labute approximate surface area is 174 Å². The van der Waals surface area contributed by atoms with E-state index in [2.05, 4.69) is 22.5 Å². The summed E-state index contributed by atoms with van der Waals surface area (Å²) in [6.07, 6.45) is 0.767. The molecule has 1 N–H and O–H groups in total. The smallest absolute Gasteiger partial charge is 0.270 e. The lowest BCUT2D eigenvalue weighted by Gasteiger charge is -2.09. The van der Waals surface area contributed by atoms with Gasteiger partial charge in [0.15, 0.2) is 0 Å². The normalized spacial score (nSPS) is 10.7. The molecule has 4 rings (SSSR count). The van der Waals surface area contributed by atoms with Gasteiger partial charge >= 0.3 is 0 Å². The first-order chi connectivity index (χ1) is 14.2. The Balaban J connectivity index is 1.61. The molecule has 0 aliphatic heterocycles. The van der Waals surface area contributed by atoms with Crippen LogP contribution in [0.3, 0.4) is 0 Å². The average Bonchev–Trinajstić information content (AvgIpc) is 3.21. The maximum atomic E-state index is 13.0. The average molecular weight is 402 g/mol. The molecule has 29 heavy (non-hydrogen) atoms. The Bertz CT molecular complexity index is 1110. The van der Waals surface area contributed by atoms with Crippen LogP contribution in [0.1, 0.15) is 16.1 Å². The molecule has 0 unspecified atom stereocenters. The van der Waals surface area contributed by atoms with Crippen LogP contribution in [0, 0.1) is 0 Å². The van der Waals surface area contributed by atoms with E-state index in [1.807, 2.05) is 66.7 Å². The SMILES string of the molecule is O=C(NCCc1ccccc1)c1cc(-c2ccccc2)nn1-c1cccc(Cl)c1. The molecule has 0 aliphatic rings. The molecule has 144 valence electrons. The van der Waals surface area contributed by atoms with Crippen LogP contribution < -0.4 is 5.32 Å². The molecule has 1 amide bonds. The Morgan fingerprint density at radius 2 is 1.62 bits per heavy atom. The minimum absolute atomic E-state index is 0.171. The van der Waals surface area contributed by atoms with Gasteiger partial charge in [0.1, 0.15) is 5.69 Å². The van der Waals surface area contributed by atoms with Crippen LogP contribution in [0.2, 0.25) is 5.02 Å². The van der Waals surface area contributed by atoms with Crippen LogP contribution in [0.15, 0.2) is 91.0 Å². The topological polar surface area (TPSA) is 46.9 Å². The highest BCUT2D eigenvalue weighted by Gasteiger charge is 2.17. The maximum absolute atomic E-state index is 13.0. The van der Waals surface area contributed by atoms with E-state index in [-0.39, 0.29) is 5.91 Å². The fourth-order valence-electron chi connectivity index (χ4n) is 3.15. The monoisotopic (exact) mass is 401 g/mol. The van der Waals surface area contributed by atoms with E-state index in [1.165, 1.54) is 5.56 Å². The van der Waals surface area contributed by atoms with Crippen molar-refractivity contribution in [2.24, 2.45) is 0 Å². The van der Waals surface area contributed by atoms with E-state index in [0.29, 0.717) is 17.3 Å². The van der Waals surface area contributed by atoms with Gasteiger partial charge in [-0.25, -0.2) is 4.68 Å². The quantitative estimate of drug-likeness (QED) is 0.484. The number of carbonyl (C=O) groups is 1. The molecule has 0 saturated carbocycles. The molecule has 0 spiro atoms. The molecule has 3 aromatic carbocycles. The van der Waals surface area contributed by atoms with Gasteiger partial charge in [-0.15, -0.1) is 0 Å². The van der Waals surface area contributed by atoms with Gasteiger partial charge in [-0.1, -0.05) is 78.3 Å². The van der Waals surface area contributed by atoms with Crippen molar-refractivity contribution in [3.05, 3.63) is 107 Å². The number of amides is 1. The third kappa shape index (κ3) is 4.55. The van der Waals surface area contributed by atoms with Crippen LogP contribution in [0.5, 0.6) is 0 Å². The van der Waals surface area contributed by atoms with Crippen molar-refractivity contribution in [3.8, 4) is 16.9 Å². The summed E-state index contributed by atoms with van der Waals surface area (Å²) in [6.45, 7) is 0.546. The second-order valence-electron chi connectivity index (χ2n) is 6.66. The Morgan fingerprint density at radius 3 is 2.34 bits per heavy atom. The number of hydrogen-bond donors (Lipinski definition) is 1. The molecule has 1 aromatic heterocycles. The van der Waals surface area contributed by atoms with Gasteiger partial charge in [0.25, 0.3) is 5.91 Å². The summed E-state index contributed by atoms with van der Waals surface area (Å²) >= 11 is 6.16. The van der Waals surface area contributed by atoms with Crippen LogP contribution >= 0.6 is 11.6 Å². The zero-order valence-electron chi connectivity index (χ0n) is 15.8. The predicted octanol–water partition coefficient (Wildman–Crippen LogP) is 5.17. The van der Waals surface area contributed by atoms with Crippen LogP contribution in [-0.4, -0.2) is 22.2 Å². The Kier molecular flexibility index (Phi) is 5.73. The summed E-state index contributed by atoms with van der Waals surface area (Å²) in [5.74, 6) is -0.171. The number of aromatic nitrogens is 2. The number of benzene rings is 3. The number of hydrogen-bond acceptors (Lipinski definition) is 2. The van der Waals surface area contributed by atoms with Crippen molar-refractivity contribution in [1.29, 1.82) is 0 Å². The number of nitrogens with zero attached hydrogens (tertiary/aromatic N) is 2. The van der Waals surface area contributed by atoms with Crippen molar-refractivity contribution in [3.63, 3.8) is 0 Å². The molecule has 5 heteroatoms. The first-order valence-electron chi connectivity index (χ1n) is 9.44. The Morgan fingerprint density at radius 1 is 0.897 bits per heavy atom. The summed E-state index contributed by atoms with van der Waals surface area (Å²) in [5, 5.41) is 8.27. The van der Waals surface area contributed by atoms with E-state index in [4.69, 9.17) is 11.6 Å². The van der Waals surface area contributed by atoms with Crippen LogP contribution in [0.4, 0.5) is 0 Å². The highest BCUT2D eigenvalue weighted by molar-refractivity contribution is 6.30. The van der Waals surface area contributed by atoms with Gasteiger partial charge in [0.2, 0.25) is 0 Å². The highest BCUT2D eigenvalue weighted by atomic mass is 35.5. The second kappa shape index (κ2) is 8.76. The molecule has 0 fully saturated rings. The fourth-order valence-corrected chi connectivity index (χ4v) is 3.34. The second-order valence-corrected chi connectivity index (χ2v) is 7.10. The van der Waals surface area contributed by atoms with Crippen molar-refractivity contribution >= 4 is 17.5 Å². The lowest BCUT2D eigenvalue weighted by Crippen LogP contribution is -2.27. The van der Waals surface area contributed by atoms with Gasteiger partial charge in [-0.3, -0.25) is 4.79 Å². The van der Waals surface area contributed by atoms with Crippen LogP contribution in [0.25, 0.3) is 16.9 Å². The molecule has 4 nitrogen and oxygen atoms in total. The zero-order valence-corrected chi connectivity index (χ0v) is 16.5. The van der Waals surface area contributed by atoms with Gasteiger partial charge in [-0.2, -0.15) is 5.10 Å². The molecule has 0 radical (unpaired) electrons. The molecule has 0 bridgehead atoms. The molecule has 0 saturated heterocycles. The van der Waals surface area contributed by atoms with Crippen molar-refractivity contribution < 1.29 is 4.79 Å². The maximum Gasteiger partial charge on any atom is 0.270 e. The standard InChI is InChI=1S/C24H20ClN3O/c25-20-12-7-13-21(16-20)28-23(17-22(27-28)19-10-5-2-6-11-19)24(29)26-15-14-18-8-3-1-4-9-18/h1-13,16-17H,14-15H2,(H,26,29). The van der Waals surface area contributed by atoms with Gasteiger partial charge in [0.05, 0.1) is 11.4 Å². The minimum atomic E-state index is -0.171. The van der Waals surface area contributed by atoms with E-state index in [9.17, 15) is 4.79 Å². The van der Waals surface area contributed by atoms with E-state index >= 15 is 0 Å². The predicted molar refractivity (Wildman–Crippen MR) is 116 cm³/mol. The van der Waals surface area contributed by atoms with Crippen molar-refractivity contribution in [1.82, 2.24) is 15.1 Å². The van der Waals surface area contributed by atoms with Crippen molar-refractivity contribution in [2.45, 2.75) is 6.42 Å². The zero-order chi connectivity index (χ0) is 20.1. The number of carbonyl (C=O) groups excluding carboxylic acids is 1. The van der Waals surface area contributed by atoms with Gasteiger partial charge in [0, 0.05) is 17.1 Å². The van der Waals surface area contributed by atoms with E-state index < -0.39 is 0 Å². The molecular formula is C24H20ClN3O. The van der Waals surface area contributed by atoms with Crippen LogP contribution in [-0.2, 0) is 6.42 Å². The Hall–Kier alpha value is -3.37. The largest absolute Gasteiger partial charge is 0.350 e. The molecule has 0 aliphatic carbocycles. The van der Waals surface area contributed by atoms with Gasteiger partial charge in [-0.05, 0) is 36.2 Å². The highest BCUT2D eigenvalue weighted by Crippen LogP contribution is 2.23. The minimum Gasteiger partial charge on any atom is -0.350 e. The molecule has 4 aromatic rings.